The second kappa shape index (κ2) is 5.48. The predicted octanol–water partition coefficient (Wildman–Crippen LogP) is -1.15. The Kier molecular flexibility index (Phi) is 5.39. The fourth-order valence-corrected chi connectivity index (χ4v) is 0.932. The topological polar surface area (TPSA) is 86.6 Å². The van der Waals surface area contributed by atoms with Crippen LogP contribution in [0.3, 0.4) is 0 Å². The molecule has 0 radical (unpaired) electrons. The molecule has 0 amide bonds. The highest BCUT2D eigenvalue weighted by molar-refractivity contribution is 7.85. The monoisotopic (exact) mass is 183 g/mol. The Morgan fingerprint density at radius 3 is 2.36 bits per heavy atom. The van der Waals surface area contributed by atoms with Gasteiger partial charge in [-0.05, 0) is 13.0 Å². The second-order valence-electron chi connectivity index (χ2n) is 2.11. The van der Waals surface area contributed by atoms with Crippen LogP contribution in [0.4, 0.5) is 0 Å². The van der Waals surface area contributed by atoms with Crippen LogP contribution >= 0.6 is 0 Å². The van der Waals surface area contributed by atoms with Gasteiger partial charge in [-0.15, -0.1) is 0 Å². The minimum atomic E-state index is -3.84. The highest BCUT2D eigenvalue weighted by Gasteiger charge is 2.01. The second-order valence-corrected chi connectivity index (χ2v) is 3.69. The largest absolute Gasteiger partial charge is 0.396 e. The summed E-state index contributed by atoms with van der Waals surface area (Å²) >= 11 is 0. The van der Waals surface area contributed by atoms with Gasteiger partial charge in [-0.1, -0.05) is 0 Å². The maximum atomic E-state index is 10.1. The van der Waals surface area contributed by atoms with Crippen molar-refractivity contribution in [2.45, 2.75) is 6.42 Å². The van der Waals surface area contributed by atoms with Gasteiger partial charge in [0.05, 0.1) is 5.75 Å². The summed E-state index contributed by atoms with van der Waals surface area (Å²) in [5, 5.41) is 11.1. The van der Waals surface area contributed by atoms with Gasteiger partial charge < -0.3 is 10.4 Å². The van der Waals surface area contributed by atoms with E-state index in [0.29, 0.717) is 13.0 Å². The van der Waals surface area contributed by atoms with E-state index in [4.69, 9.17) is 9.66 Å². The Labute approximate surface area is 66.2 Å². The zero-order valence-corrected chi connectivity index (χ0v) is 6.97. The molecule has 0 saturated heterocycles. The third-order valence-electron chi connectivity index (χ3n) is 1.05. The third kappa shape index (κ3) is 9.83. The van der Waals surface area contributed by atoms with Crippen LogP contribution in [0.25, 0.3) is 0 Å². The van der Waals surface area contributed by atoms with E-state index in [-0.39, 0.29) is 18.9 Å². The van der Waals surface area contributed by atoms with Gasteiger partial charge in [0.15, 0.2) is 0 Å². The van der Waals surface area contributed by atoms with E-state index in [1.807, 2.05) is 0 Å². The quantitative estimate of drug-likeness (QED) is 0.357. The lowest BCUT2D eigenvalue weighted by molar-refractivity contribution is 0.286. The van der Waals surface area contributed by atoms with Crippen LogP contribution in [-0.4, -0.2) is 43.5 Å². The van der Waals surface area contributed by atoms with E-state index in [0.717, 1.165) is 0 Å². The molecule has 3 N–H and O–H groups in total. The van der Waals surface area contributed by atoms with Crippen molar-refractivity contribution in [2.75, 3.05) is 25.4 Å². The molecule has 0 aromatic rings. The molecule has 0 aliphatic rings. The Morgan fingerprint density at radius 1 is 1.27 bits per heavy atom. The first-order chi connectivity index (χ1) is 5.06. The number of hydrogen-bond acceptors (Lipinski definition) is 4. The average Bonchev–Trinajstić information content (AvgIpc) is 1.85. The molecule has 0 unspecified atom stereocenters. The third-order valence-corrected chi connectivity index (χ3v) is 1.77. The van der Waals surface area contributed by atoms with Gasteiger partial charge in [-0.25, -0.2) is 0 Å². The number of aliphatic hydroxyl groups excluding tert-OH is 1. The zero-order valence-electron chi connectivity index (χ0n) is 6.15. The summed E-state index contributed by atoms with van der Waals surface area (Å²) in [5.41, 5.74) is 0. The van der Waals surface area contributed by atoms with Crippen molar-refractivity contribution in [1.29, 1.82) is 0 Å². The Hall–Kier alpha value is -0.170. The zero-order chi connectivity index (χ0) is 8.74. The van der Waals surface area contributed by atoms with Gasteiger partial charge in [-0.2, -0.15) is 8.42 Å². The maximum Gasteiger partial charge on any atom is 0.266 e. The predicted molar refractivity (Wildman–Crippen MR) is 41.0 cm³/mol. The van der Waals surface area contributed by atoms with Crippen LogP contribution in [0.2, 0.25) is 0 Å². The molecule has 0 fully saturated rings. The summed E-state index contributed by atoms with van der Waals surface area (Å²) in [6, 6.07) is 0. The molecular formula is C5H13NO4S. The van der Waals surface area contributed by atoms with Gasteiger partial charge in [0.1, 0.15) is 0 Å². The van der Waals surface area contributed by atoms with E-state index in [1.54, 1.807) is 0 Å². The fourth-order valence-electron chi connectivity index (χ4n) is 0.530. The van der Waals surface area contributed by atoms with Crippen molar-refractivity contribution >= 4 is 10.1 Å². The summed E-state index contributed by atoms with van der Waals surface area (Å²) < 4.78 is 28.5. The van der Waals surface area contributed by atoms with Crippen molar-refractivity contribution in [3.05, 3.63) is 0 Å². The van der Waals surface area contributed by atoms with Crippen molar-refractivity contribution in [1.82, 2.24) is 5.32 Å². The molecule has 0 saturated carbocycles. The Morgan fingerprint density at radius 2 is 1.91 bits per heavy atom. The maximum absolute atomic E-state index is 10.1. The molecule has 0 bridgehead atoms. The lowest BCUT2D eigenvalue weighted by atomic mass is 10.4. The van der Waals surface area contributed by atoms with E-state index in [9.17, 15) is 8.42 Å². The molecule has 0 heterocycles. The smallest absolute Gasteiger partial charge is 0.266 e. The number of aliphatic hydroxyl groups is 1. The van der Waals surface area contributed by atoms with E-state index < -0.39 is 10.1 Å². The Bertz CT molecular complexity index is 177. The standard InChI is InChI=1S/C5H13NO4S/c7-4-1-2-6-3-5-11(8,9)10/h6-7H,1-5H2,(H,8,9,10). The summed E-state index contributed by atoms with van der Waals surface area (Å²) in [6.45, 7) is 0.865. The molecule has 68 valence electrons. The van der Waals surface area contributed by atoms with Crippen LogP contribution in [0, 0.1) is 0 Å². The molecule has 0 aliphatic carbocycles. The van der Waals surface area contributed by atoms with E-state index in [2.05, 4.69) is 5.32 Å². The molecule has 0 atom stereocenters. The molecule has 0 spiro atoms. The molecular weight excluding hydrogens is 170 g/mol. The van der Waals surface area contributed by atoms with Gasteiger partial charge in [-0.3, -0.25) is 4.55 Å². The molecule has 0 aromatic carbocycles. The van der Waals surface area contributed by atoms with Crippen molar-refractivity contribution in [3.63, 3.8) is 0 Å². The lowest BCUT2D eigenvalue weighted by Gasteiger charge is -2.00. The van der Waals surface area contributed by atoms with Gasteiger partial charge >= 0.3 is 0 Å². The number of rotatable bonds is 6. The van der Waals surface area contributed by atoms with Gasteiger partial charge in [0.25, 0.3) is 10.1 Å². The highest BCUT2D eigenvalue weighted by atomic mass is 32.2. The normalized spacial score (nSPS) is 11.8. The number of nitrogens with one attached hydrogen (secondary N) is 1. The van der Waals surface area contributed by atoms with Crippen LogP contribution in [-0.2, 0) is 10.1 Å². The molecule has 0 aromatic heterocycles. The Balaban J connectivity index is 3.16. The summed E-state index contributed by atoms with van der Waals surface area (Å²) in [6.07, 6.45) is 0.589. The van der Waals surface area contributed by atoms with E-state index in [1.165, 1.54) is 0 Å². The van der Waals surface area contributed by atoms with Crippen LogP contribution in [0.1, 0.15) is 6.42 Å². The summed E-state index contributed by atoms with van der Waals surface area (Å²) in [7, 11) is -3.84. The average molecular weight is 183 g/mol. The first-order valence-electron chi connectivity index (χ1n) is 3.33. The molecule has 0 rings (SSSR count). The highest BCUT2D eigenvalue weighted by Crippen LogP contribution is 1.79. The molecule has 5 nitrogen and oxygen atoms in total. The minimum absolute atomic E-state index is 0.0822. The van der Waals surface area contributed by atoms with Crippen LogP contribution in [0.15, 0.2) is 0 Å². The number of hydrogen-bond donors (Lipinski definition) is 3. The molecule has 11 heavy (non-hydrogen) atoms. The van der Waals surface area contributed by atoms with Crippen LogP contribution < -0.4 is 5.32 Å². The van der Waals surface area contributed by atoms with Gasteiger partial charge in [0.2, 0.25) is 0 Å². The lowest BCUT2D eigenvalue weighted by Crippen LogP contribution is -2.23. The van der Waals surface area contributed by atoms with E-state index >= 15 is 0 Å². The summed E-state index contributed by atoms with van der Waals surface area (Å²) in [4.78, 5) is 0. The first-order valence-corrected chi connectivity index (χ1v) is 4.94. The molecule has 0 aliphatic heterocycles. The van der Waals surface area contributed by atoms with Crippen molar-refractivity contribution in [3.8, 4) is 0 Å². The van der Waals surface area contributed by atoms with Crippen molar-refractivity contribution < 1.29 is 18.1 Å². The molecule has 6 heteroatoms. The fraction of sp³-hybridized carbons (Fsp3) is 1.00. The first kappa shape index (κ1) is 10.8. The van der Waals surface area contributed by atoms with Crippen LogP contribution in [0.5, 0.6) is 0 Å². The summed E-state index contributed by atoms with van der Waals surface area (Å²) in [5.74, 6) is -0.279. The minimum Gasteiger partial charge on any atom is -0.396 e. The van der Waals surface area contributed by atoms with Gasteiger partial charge in [0, 0.05) is 13.2 Å². The van der Waals surface area contributed by atoms with Crippen molar-refractivity contribution in [2.24, 2.45) is 0 Å². The SMILES string of the molecule is O=S(=O)(O)CCNCCCO.